The van der Waals surface area contributed by atoms with Crippen molar-refractivity contribution in [1.82, 2.24) is 14.8 Å². The molecular formula is C17H21N3O4S2. The summed E-state index contributed by atoms with van der Waals surface area (Å²) in [6.07, 6.45) is 1.26. The number of Topliss-reactive ketones (excluding diaryl/α,β-unsaturated/α-hetero) is 1. The van der Waals surface area contributed by atoms with E-state index in [9.17, 15) is 13.2 Å². The highest BCUT2D eigenvalue weighted by Gasteiger charge is 2.29. The van der Waals surface area contributed by atoms with Crippen molar-refractivity contribution in [2.24, 2.45) is 13.0 Å². The fourth-order valence-corrected chi connectivity index (χ4v) is 5.70. The van der Waals surface area contributed by atoms with Crippen LogP contribution in [-0.2, 0) is 23.3 Å². The summed E-state index contributed by atoms with van der Waals surface area (Å²) < 4.78 is 30.2. The number of methoxy groups -OCH3 is 1. The number of thioether (sulfide) groups is 1. The van der Waals surface area contributed by atoms with Crippen molar-refractivity contribution < 1.29 is 17.9 Å². The van der Waals surface area contributed by atoms with Crippen molar-refractivity contribution in [2.45, 2.75) is 18.0 Å². The quantitative estimate of drug-likeness (QED) is 0.521. The van der Waals surface area contributed by atoms with Gasteiger partial charge in [-0.05, 0) is 24.5 Å². The van der Waals surface area contributed by atoms with E-state index in [-0.39, 0.29) is 29.0 Å². The van der Waals surface area contributed by atoms with E-state index in [1.807, 2.05) is 17.7 Å². The van der Waals surface area contributed by atoms with Gasteiger partial charge in [-0.1, -0.05) is 23.9 Å². The monoisotopic (exact) mass is 395 g/mol. The van der Waals surface area contributed by atoms with Crippen LogP contribution in [-0.4, -0.2) is 53.3 Å². The average molecular weight is 396 g/mol. The number of hydrogen-bond donors (Lipinski definition) is 0. The summed E-state index contributed by atoms with van der Waals surface area (Å²) in [4.78, 5) is 12.4. The molecule has 1 fully saturated rings. The maximum Gasteiger partial charge on any atom is 0.191 e. The van der Waals surface area contributed by atoms with Gasteiger partial charge in [0.2, 0.25) is 0 Å². The van der Waals surface area contributed by atoms with Crippen LogP contribution in [0.5, 0.6) is 5.75 Å². The Kier molecular flexibility index (Phi) is 5.67. The summed E-state index contributed by atoms with van der Waals surface area (Å²) in [6, 6.07) is 7.12. The Morgan fingerprint density at radius 3 is 2.81 bits per heavy atom. The molecule has 1 aliphatic heterocycles. The minimum absolute atomic E-state index is 0.0427. The zero-order valence-electron chi connectivity index (χ0n) is 14.7. The number of sulfone groups is 1. The van der Waals surface area contributed by atoms with Crippen LogP contribution in [0.3, 0.4) is 0 Å². The molecule has 1 aliphatic rings. The molecule has 0 spiro atoms. The highest BCUT2D eigenvalue weighted by molar-refractivity contribution is 7.99. The average Bonchev–Trinajstić information content (AvgIpc) is 3.15. The fourth-order valence-electron chi connectivity index (χ4n) is 3.02. The zero-order valence-corrected chi connectivity index (χ0v) is 16.3. The Bertz CT molecular complexity index is 908. The summed E-state index contributed by atoms with van der Waals surface area (Å²) in [5.74, 6) is 2.05. The van der Waals surface area contributed by atoms with Crippen LogP contribution in [0.4, 0.5) is 0 Å². The van der Waals surface area contributed by atoms with Crippen molar-refractivity contribution in [3.05, 3.63) is 35.7 Å². The molecular weight excluding hydrogens is 374 g/mol. The van der Waals surface area contributed by atoms with Gasteiger partial charge in [-0.25, -0.2) is 8.42 Å². The van der Waals surface area contributed by atoms with Crippen LogP contribution in [0, 0.1) is 5.92 Å². The SMILES string of the molecule is COc1ccccc1C(=O)CSc1nnc(C[C@H]2CCS(=O)(=O)C2)n1C. The molecule has 1 aromatic carbocycles. The number of carbonyl (C=O) groups is 1. The lowest BCUT2D eigenvalue weighted by Gasteiger charge is -2.08. The van der Waals surface area contributed by atoms with E-state index in [1.54, 1.807) is 18.2 Å². The van der Waals surface area contributed by atoms with Crippen LogP contribution in [0.2, 0.25) is 0 Å². The third kappa shape index (κ3) is 4.27. The van der Waals surface area contributed by atoms with Crippen LogP contribution in [0.25, 0.3) is 0 Å². The Balaban J connectivity index is 1.63. The molecule has 0 N–H and O–H groups in total. The molecule has 0 bridgehead atoms. The van der Waals surface area contributed by atoms with Crippen LogP contribution < -0.4 is 4.74 Å². The third-order valence-electron chi connectivity index (χ3n) is 4.46. The molecule has 1 saturated heterocycles. The first kappa shape index (κ1) is 18.9. The second kappa shape index (κ2) is 7.79. The van der Waals surface area contributed by atoms with E-state index in [2.05, 4.69) is 10.2 Å². The number of hydrogen-bond acceptors (Lipinski definition) is 7. The first-order valence-electron chi connectivity index (χ1n) is 8.27. The number of para-hydroxylation sites is 1. The van der Waals surface area contributed by atoms with Gasteiger partial charge in [0, 0.05) is 13.5 Å². The molecule has 1 aromatic heterocycles. The lowest BCUT2D eigenvalue weighted by atomic mass is 10.1. The highest BCUT2D eigenvalue weighted by atomic mass is 32.2. The summed E-state index contributed by atoms with van der Waals surface area (Å²) in [5, 5.41) is 8.96. The predicted octanol–water partition coefficient (Wildman–Crippen LogP) is 1.78. The number of rotatable bonds is 7. The Morgan fingerprint density at radius 2 is 2.12 bits per heavy atom. The number of ketones is 1. The molecule has 1 atom stereocenters. The maximum absolute atomic E-state index is 12.4. The van der Waals surface area contributed by atoms with E-state index in [1.165, 1.54) is 18.9 Å². The maximum atomic E-state index is 12.4. The molecule has 0 radical (unpaired) electrons. The van der Waals surface area contributed by atoms with Crippen molar-refractivity contribution in [3.8, 4) is 5.75 Å². The number of aromatic nitrogens is 3. The van der Waals surface area contributed by atoms with Gasteiger partial charge in [0.15, 0.2) is 20.8 Å². The van der Waals surface area contributed by atoms with Gasteiger partial charge in [-0.2, -0.15) is 0 Å². The van der Waals surface area contributed by atoms with Crippen molar-refractivity contribution in [3.63, 3.8) is 0 Å². The van der Waals surface area contributed by atoms with E-state index in [0.717, 1.165) is 5.82 Å². The Labute approximate surface area is 157 Å². The van der Waals surface area contributed by atoms with Gasteiger partial charge in [0.25, 0.3) is 0 Å². The van der Waals surface area contributed by atoms with E-state index >= 15 is 0 Å². The van der Waals surface area contributed by atoms with Crippen LogP contribution in [0.1, 0.15) is 22.6 Å². The normalized spacial score (nSPS) is 18.8. The van der Waals surface area contributed by atoms with Gasteiger partial charge < -0.3 is 9.30 Å². The second-order valence-electron chi connectivity index (χ2n) is 6.34. The molecule has 0 saturated carbocycles. The zero-order chi connectivity index (χ0) is 18.7. The molecule has 9 heteroatoms. The topological polar surface area (TPSA) is 91.2 Å². The van der Waals surface area contributed by atoms with Crippen LogP contribution in [0.15, 0.2) is 29.4 Å². The predicted molar refractivity (Wildman–Crippen MR) is 99.5 cm³/mol. The second-order valence-corrected chi connectivity index (χ2v) is 9.51. The number of carbonyl (C=O) groups excluding carboxylic acids is 1. The number of ether oxygens (including phenoxy) is 1. The molecule has 0 unspecified atom stereocenters. The Hall–Kier alpha value is -1.87. The van der Waals surface area contributed by atoms with Crippen molar-refractivity contribution in [2.75, 3.05) is 24.4 Å². The first-order valence-corrected chi connectivity index (χ1v) is 11.1. The summed E-state index contributed by atoms with van der Waals surface area (Å²) >= 11 is 1.31. The van der Waals surface area contributed by atoms with Crippen molar-refractivity contribution in [1.29, 1.82) is 0 Å². The summed E-state index contributed by atoms with van der Waals surface area (Å²) in [7, 11) is 0.482. The fraction of sp³-hybridized carbons (Fsp3) is 0.471. The van der Waals surface area contributed by atoms with Gasteiger partial charge in [-0.3, -0.25) is 4.79 Å². The number of nitrogens with zero attached hydrogens (tertiary/aromatic N) is 3. The molecule has 2 heterocycles. The van der Waals surface area contributed by atoms with Crippen LogP contribution >= 0.6 is 11.8 Å². The van der Waals surface area contributed by atoms with E-state index < -0.39 is 9.84 Å². The largest absolute Gasteiger partial charge is 0.496 e. The summed E-state index contributed by atoms with van der Waals surface area (Å²) in [5.41, 5.74) is 0.543. The molecule has 26 heavy (non-hydrogen) atoms. The summed E-state index contributed by atoms with van der Waals surface area (Å²) in [6.45, 7) is 0. The Morgan fingerprint density at radius 1 is 1.35 bits per heavy atom. The standard InChI is InChI=1S/C17H21N3O4S2/c1-20-16(9-12-7-8-26(22,23)11-12)18-19-17(20)25-10-14(21)13-5-3-4-6-15(13)24-2/h3-6,12H,7-11H2,1-2H3/t12-/m1/s1. The third-order valence-corrected chi connectivity index (χ3v) is 7.32. The van der Waals surface area contributed by atoms with Gasteiger partial charge in [0.05, 0.1) is 29.9 Å². The highest BCUT2D eigenvalue weighted by Crippen LogP contribution is 2.25. The number of benzene rings is 1. The van der Waals surface area contributed by atoms with Crippen molar-refractivity contribution >= 4 is 27.4 Å². The van der Waals surface area contributed by atoms with Gasteiger partial charge in [-0.15, -0.1) is 10.2 Å². The van der Waals surface area contributed by atoms with E-state index in [4.69, 9.17) is 4.74 Å². The molecule has 0 aliphatic carbocycles. The smallest absolute Gasteiger partial charge is 0.191 e. The molecule has 0 amide bonds. The lowest BCUT2D eigenvalue weighted by Crippen LogP contribution is -2.11. The minimum Gasteiger partial charge on any atom is -0.496 e. The molecule has 2 aromatic rings. The van der Waals surface area contributed by atoms with Gasteiger partial charge >= 0.3 is 0 Å². The van der Waals surface area contributed by atoms with Gasteiger partial charge in [0.1, 0.15) is 11.6 Å². The molecule has 140 valence electrons. The lowest BCUT2D eigenvalue weighted by molar-refractivity contribution is 0.101. The first-order chi connectivity index (χ1) is 12.4. The minimum atomic E-state index is -2.90. The molecule has 3 rings (SSSR count). The van der Waals surface area contributed by atoms with E-state index in [0.29, 0.717) is 29.3 Å². The molecule has 7 nitrogen and oxygen atoms in total.